The lowest BCUT2D eigenvalue weighted by atomic mass is 9.99. The predicted octanol–water partition coefficient (Wildman–Crippen LogP) is 4.01. The summed E-state index contributed by atoms with van der Waals surface area (Å²) in [5, 5.41) is 1.85. The maximum absolute atomic E-state index is 6.11. The normalized spacial score (nSPS) is 10.8. The molecule has 2 N–H and O–H groups in total. The Labute approximate surface area is 116 Å². The molecule has 3 heteroatoms. The molecule has 0 saturated carbocycles. The van der Waals surface area contributed by atoms with Crippen LogP contribution < -0.4 is 5.73 Å². The summed E-state index contributed by atoms with van der Waals surface area (Å²) in [7, 11) is 0. The van der Waals surface area contributed by atoms with E-state index in [2.05, 4.69) is 17.1 Å². The topological polar surface area (TPSA) is 38.9 Å². The number of hydrogen-bond acceptors (Lipinski definition) is 2. The number of halogens is 1. The summed E-state index contributed by atoms with van der Waals surface area (Å²) >= 11 is 6.11. The SMILES string of the molecule is NCc1cc(-c2cccc3ncccc23)ccc1Cl. The van der Waals surface area contributed by atoms with E-state index in [9.17, 15) is 0 Å². The summed E-state index contributed by atoms with van der Waals surface area (Å²) in [6, 6.07) is 16.1. The van der Waals surface area contributed by atoms with Crippen LogP contribution in [0.25, 0.3) is 22.0 Å². The van der Waals surface area contributed by atoms with Crippen LogP contribution in [0.3, 0.4) is 0 Å². The number of pyridine rings is 1. The van der Waals surface area contributed by atoms with E-state index in [1.54, 1.807) is 6.20 Å². The van der Waals surface area contributed by atoms with Gasteiger partial charge in [0.1, 0.15) is 0 Å². The van der Waals surface area contributed by atoms with Gasteiger partial charge < -0.3 is 5.73 Å². The summed E-state index contributed by atoms with van der Waals surface area (Å²) in [6.45, 7) is 0.440. The monoisotopic (exact) mass is 268 g/mol. The Bertz CT molecular complexity index is 732. The highest BCUT2D eigenvalue weighted by Crippen LogP contribution is 2.30. The van der Waals surface area contributed by atoms with Gasteiger partial charge in [0.05, 0.1) is 5.52 Å². The third kappa shape index (κ3) is 2.21. The van der Waals surface area contributed by atoms with E-state index in [1.807, 2.05) is 36.4 Å². The van der Waals surface area contributed by atoms with E-state index in [0.29, 0.717) is 11.6 Å². The number of aromatic nitrogens is 1. The number of nitrogens with two attached hydrogens (primary N) is 1. The number of hydrogen-bond donors (Lipinski definition) is 1. The van der Waals surface area contributed by atoms with Crippen LogP contribution >= 0.6 is 11.6 Å². The van der Waals surface area contributed by atoms with Crippen molar-refractivity contribution in [1.29, 1.82) is 0 Å². The molecule has 94 valence electrons. The minimum atomic E-state index is 0.440. The van der Waals surface area contributed by atoms with Crippen LogP contribution in [0.2, 0.25) is 5.02 Å². The minimum absolute atomic E-state index is 0.440. The van der Waals surface area contributed by atoms with Gasteiger partial charge in [-0.15, -0.1) is 0 Å². The highest BCUT2D eigenvalue weighted by atomic mass is 35.5. The Morgan fingerprint density at radius 3 is 2.79 bits per heavy atom. The molecule has 0 radical (unpaired) electrons. The van der Waals surface area contributed by atoms with Gasteiger partial charge in [-0.05, 0) is 41.0 Å². The van der Waals surface area contributed by atoms with E-state index in [0.717, 1.165) is 27.6 Å². The van der Waals surface area contributed by atoms with Crippen molar-refractivity contribution in [2.75, 3.05) is 0 Å². The van der Waals surface area contributed by atoms with E-state index < -0.39 is 0 Å². The summed E-state index contributed by atoms with van der Waals surface area (Å²) in [5.74, 6) is 0. The molecule has 0 amide bonds. The molecule has 2 nitrogen and oxygen atoms in total. The van der Waals surface area contributed by atoms with E-state index >= 15 is 0 Å². The molecule has 0 unspecified atom stereocenters. The van der Waals surface area contributed by atoms with Crippen LogP contribution in [0.1, 0.15) is 5.56 Å². The van der Waals surface area contributed by atoms with E-state index in [1.165, 1.54) is 0 Å². The first-order valence-electron chi connectivity index (χ1n) is 6.12. The Morgan fingerprint density at radius 1 is 1.05 bits per heavy atom. The van der Waals surface area contributed by atoms with Crippen molar-refractivity contribution in [2.45, 2.75) is 6.54 Å². The van der Waals surface area contributed by atoms with Crippen LogP contribution in [0.4, 0.5) is 0 Å². The molecule has 0 fully saturated rings. The maximum atomic E-state index is 6.11. The molecule has 0 aliphatic rings. The van der Waals surface area contributed by atoms with Gasteiger partial charge >= 0.3 is 0 Å². The molecule has 0 atom stereocenters. The molecular weight excluding hydrogens is 256 g/mol. The molecule has 3 aromatic rings. The Morgan fingerprint density at radius 2 is 1.95 bits per heavy atom. The van der Waals surface area contributed by atoms with Crippen molar-refractivity contribution in [2.24, 2.45) is 5.73 Å². The average Bonchev–Trinajstić information content (AvgIpc) is 2.47. The molecule has 0 bridgehead atoms. The van der Waals surface area contributed by atoms with Crippen LogP contribution in [-0.2, 0) is 6.54 Å². The molecule has 19 heavy (non-hydrogen) atoms. The zero-order chi connectivity index (χ0) is 13.2. The van der Waals surface area contributed by atoms with Crippen molar-refractivity contribution in [1.82, 2.24) is 4.98 Å². The molecule has 0 spiro atoms. The van der Waals surface area contributed by atoms with Crippen molar-refractivity contribution in [3.05, 3.63) is 65.3 Å². The second-order valence-electron chi connectivity index (χ2n) is 4.39. The molecule has 0 saturated heterocycles. The van der Waals surface area contributed by atoms with Crippen LogP contribution in [0, 0.1) is 0 Å². The fraction of sp³-hybridized carbons (Fsp3) is 0.0625. The highest BCUT2D eigenvalue weighted by molar-refractivity contribution is 6.31. The van der Waals surface area contributed by atoms with Gasteiger partial charge in [-0.1, -0.05) is 35.9 Å². The van der Waals surface area contributed by atoms with Gasteiger partial charge in [0.15, 0.2) is 0 Å². The van der Waals surface area contributed by atoms with Gasteiger partial charge in [0.25, 0.3) is 0 Å². The predicted molar refractivity (Wildman–Crippen MR) is 80.1 cm³/mol. The number of fused-ring (bicyclic) bond motifs is 1. The lowest BCUT2D eigenvalue weighted by molar-refractivity contribution is 1.07. The van der Waals surface area contributed by atoms with Gasteiger partial charge in [-0.2, -0.15) is 0 Å². The van der Waals surface area contributed by atoms with Crippen molar-refractivity contribution < 1.29 is 0 Å². The fourth-order valence-electron chi connectivity index (χ4n) is 2.25. The zero-order valence-electron chi connectivity index (χ0n) is 10.3. The molecule has 2 aromatic carbocycles. The van der Waals surface area contributed by atoms with Crippen LogP contribution in [0.15, 0.2) is 54.7 Å². The lowest BCUT2D eigenvalue weighted by Gasteiger charge is -2.09. The van der Waals surface area contributed by atoms with Crippen LogP contribution in [-0.4, -0.2) is 4.98 Å². The van der Waals surface area contributed by atoms with Crippen LogP contribution in [0.5, 0.6) is 0 Å². The number of nitrogens with zero attached hydrogens (tertiary/aromatic N) is 1. The second kappa shape index (κ2) is 5.00. The fourth-order valence-corrected chi connectivity index (χ4v) is 2.45. The number of rotatable bonds is 2. The first kappa shape index (κ1) is 12.2. The maximum Gasteiger partial charge on any atom is 0.0708 e. The third-order valence-corrected chi connectivity index (χ3v) is 3.59. The van der Waals surface area contributed by atoms with E-state index in [-0.39, 0.29) is 0 Å². The minimum Gasteiger partial charge on any atom is -0.326 e. The summed E-state index contributed by atoms with van der Waals surface area (Å²) in [5.41, 5.74) is 9.93. The Hall–Kier alpha value is -1.90. The largest absolute Gasteiger partial charge is 0.326 e. The number of benzene rings is 2. The first-order chi connectivity index (χ1) is 9.29. The van der Waals surface area contributed by atoms with Crippen molar-refractivity contribution in [3.8, 4) is 11.1 Å². The first-order valence-corrected chi connectivity index (χ1v) is 6.50. The van der Waals surface area contributed by atoms with Gasteiger partial charge in [0.2, 0.25) is 0 Å². The van der Waals surface area contributed by atoms with Crippen molar-refractivity contribution >= 4 is 22.5 Å². The Balaban J connectivity index is 2.24. The zero-order valence-corrected chi connectivity index (χ0v) is 11.1. The second-order valence-corrected chi connectivity index (χ2v) is 4.79. The molecule has 1 heterocycles. The summed E-state index contributed by atoms with van der Waals surface area (Å²) in [4.78, 5) is 4.38. The molecule has 0 aliphatic heterocycles. The highest BCUT2D eigenvalue weighted by Gasteiger charge is 2.06. The molecule has 1 aromatic heterocycles. The quantitative estimate of drug-likeness (QED) is 0.763. The molecular formula is C16H13ClN2. The third-order valence-electron chi connectivity index (χ3n) is 3.22. The van der Waals surface area contributed by atoms with Gasteiger partial charge in [0, 0.05) is 23.2 Å². The van der Waals surface area contributed by atoms with Gasteiger partial charge in [-0.25, -0.2) is 0 Å². The molecule has 3 rings (SSSR count). The molecule has 0 aliphatic carbocycles. The van der Waals surface area contributed by atoms with E-state index in [4.69, 9.17) is 17.3 Å². The standard InChI is InChI=1S/C16H13ClN2/c17-15-7-6-11(9-12(15)10-18)13-3-1-5-16-14(13)4-2-8-19-16/h1-9H,10,18H2. The lowest BCUT2D eigenvalue weighted by Crippen LogP contribution is -1.97. The summed E-state index contributed by atoms with van der Waals surface area (Å²) in [6.07, 6.45) is 1.80. The smallest absolute Gasteiger partial charge is 0.0708 e. The van der Waals surface area contributed by atoms with Crippen molar-refractivity contribution in [3.63, 3.8) is 0 Å². The van der Waals surface area contributed by atoms with Gasteiger partial charge in [-0.3, -0.25) is 4.98 Å². The summed E-state index contributed by atoms with van der Waals surface area (Å²) < 4.78 is 0. The Kier molecular flexibility index (Phi) is 3.20. The average molecular weight is 269 g/mol.